The number of nitrogens with two attached hydrogens (primary N) is 1. The van der Waals surface area contributed by atoms with Crippen molar-refractivity contribution in [3.63, 3.8) is 0 Å². The van der Waals surface area contributed by atoms with Crippen LogP contribution in [0, 0.1) is 0 Å². The molecule has 3 N–H and O–H groups in total. The molecule has 0 aromatic rings. The van der Waals surface area contributed by atoms with Gasteiger partial charge in [0, 0.05) is 12.1 Å². The number of aliphatic hydroxyl groups is 1. The molecule has 3 nitrogen and oxygen atoms in total. The largest absolute Gasteiger partial charge is 0.393 e. The van der Waals surface area contributed by atoms with Gasteiger partial charge in [0.2, 0.25) is 0 Å². The Morgan fingerprint density at radius 3 is 2.64 bits per heavy atom. The number of aliphatic hydroxyl groups excluding tert-OH is 1. The molecule has 0 bridgehead atoms. The normalized spacial score (nSPS) is 39.8. The summed E-state index contributed by atoms with van der Waals surface area (Å²) in [5.74, 6) is 0. The van der Waals surface area contributed by atoms with E-state index in [-0.39, 0.29) is 17.7 Å². The molecular weight excluding hydrogens is 142 g/mol. The average Bonchev–Trinajstić information content (AvgIpc) is 1.85. The van der Waals surface area contributed by atoms with Crippen LogP contribution in [-0.4, -0.2) is 29.5 Å². The van der Waals surface area contributed by atoms with Gasteiger partial charge in [0.05, 0.1) is 12.2 Å². The molecule has 0 saturated heterocycles. The third kappa shape index (κ3) is 1.72. The Morgan fingerprint density at radius 1 is 1.73 bits per heavy atom. The van der Waals surface area contributed by atoms with Crippen LogP contribution in [0.2, 0.25) is 0 Å². The Hall–Kier alpha value is -0.120. The third-order valence-electron chi connectivity index (χ3n) is 2.46. The van der Waals surface area contributed by atoms with Crippen LogP contribution in [0.4, 0.5) is 0 Å². The van der Waals surface area contributed by atoms with Gasteiger partial charge in [0.25, 0.3) is 0 Å². The third-order valence-corrected chi connectivity index (χ3v) is 2.46. The Morgan fingerprint density at radius 2 is 2.27 bits per heavy atom. The van der Waals surface area contributed by atoms with Gasteiger partial charge in [-0.25, -0.2) is 0 Å². The monoisotopic (exact) mass is 159 g/mol. The van der Waals surface area contributed by atoms with Gasteiger partial charge < -0.3 is 15.6 Å². The molecule has 1 fully saturated rings. The van der Waals surface area contributed by atoms with E-state index in [1.807, 2.05) is 13.8 Å². The highest BCUT2D eigenvalue weighted by molar-refractivity contribution is 5.02. The van der Waals surface area contributed by atoms with E-state index in [0.29, 0.717) is 19.4 Å². The number of ether oxygens (including phenoxy) is 1. The molecule has 1 aliphatic carbocycles. The maximum absolute atomic E-state index is 9.07. The summed E-state index contributed by atoms with van der Waals surface area (Å²) in [6, 6.07) is 0. The topological polar surface area (TPSA) is 55.5 Å². The fourth-order valence-corrected chi connectivity index (χ4v) is 1.57. The minimum Gasteiger partial charge on any atom is -0.393 e. The molecule has 0 radical (unpaired) electrons. The fourth-order valence-electron chi connectivity index (χ4n) is 1.57. The molecule has 1 aliphatic rings. The maximum atomic E-state index is 9.07. The molecule has 3 heteroatoms. The zero-order chi connectivity index (χ0) is 8.48. The molecule has 0 aromatic carbocycles. The van der Waals surface area contributed by atoms with Crippen molar-refractivity contribution in [1.82, 2.24) is 0 Å². The zero-order valence-electron chi connectivity index (χ0n) is 7.21. The standard InChI is InChI=1S/C8H17NO2/c1-3-11-6(2)8(9)4-7(10)5-8/h6-7,10H,3-5,9H2,1-2H3. The van der Waals surface area contributed by atoms with Crippen LogP contribution in [0.3, 0.4) is 0 Å². The Bertz CT molecular complexity index is 132. The second-order valence-electron chi connectivity index (χ2n) is 3.39. The van der Waals surface area contributed by atoms with E-state index >= 15 is 0 Å². The first-order valence-corrected chi connectivity index (χ1v) is 4.17. The Kier molecular flexibility index (Phi) is 2.52. The van der Waals surface area contributed by atoms with Gasteiger partial charge >= 0.3 is 0 Å². The lowest BCUT2D eigenvalue weighted by Crippen LogP contribution is -2.61. The van der Waals surface area contributed by atoms with Crippen LogP contribution in [0.15, 0.2) is 0 Å². The summed E-state index contributed by atoms with van der Waals surface area (Å²) in [5, 5.41) is 9.07. The molecule has 1 rings (SSSR count). The Labute approximate surface area is 67.5 Å². The lowest BCUT2D eigenvalue weighted by Gasteiger charge is -2.46. The van der Waals surface area contributed by atoms with Gasteiger partial charge in [0.15, 0.2) is 0 Å². The Balaban J connectivity index is 2.34. The molecule has 11 heavy (non-hydrogen) atoms. The molecule has 1 saturated carbocycles. The molecule has 0 amide bonds. The van der Waals surface area contributed by atoms with Crippen molar-refractivity contribution in [2.75, 3.05) is 6.61 Å². The van der Waals surface area contributed by atoms with Crippen LogP contribution < -0.4 is 5.73 Å². The molecular formula is C8H17NO2. The minimum atomic E-state index is -0.268. The number of hydrogen-bond acceptors (Lipinski definition) is 3. The zero-order valence-corrected chi connectivity index (χ0v) is 7.21. The lowest BCUT2D eigenvalue weighted by molar-refractivity contribution is -0.0701. The van der Waals surface area contributed by atoms with Gasteiger partial charge in [-0.2, -0.15) is 0 Å². The predicted octanol–water partition coefficient (Wildman–Crippen LogP) is 0.264. The highest BCUT2D eigenvalue weighted by Gasteiger charge is 2.44. The number of rotatable bonds is 3. The van der Waals surface area contributed by atoms with Crippen molar-refractivity contribution < 1.29 is 9.84 Å². The predicted molar refractivity (Wildman–Crippen MR) is 43.2 cm³/mol. The van der Waals surface area contributed by atoms with Crippen molar-refractivity contribution in [1.29, 1.82) is 0 Å². The summed E-state index contributed by atoms with van der Waals surface area (Å²) >= 11 is 0. The van der Waals surface area contributed by atoms with Gasteiger partial charge in [0.1, 0.15) is 0 Å². The van der Waals surface area contributed by atoms with Crippen molar-refractivity contribution in [2.45, 2.75) is 44.4 Å². The summed E-state index contributed by atoms with van der Waals surface area (Å²) in [6.45, 7) is 4.61. The average molecular weight is 159 g/mol. The molecule has 66 valence electrons. The fraction of sp³-hybridized carbons (Fsp3) is 1.00. The molecule has 1 unspecified atom stereocenters. The van der Waals surface area contributed by atoms with E-state index in [9.17, 15) is 0 Å². The molecule has 0 aromatic heterocycles. The highest BCUT2D eigenvalue weighted by atomic mass is 16.5. The minimum absolute atomic E-state index is 0.0656. The van der Waals surface area contributed by atoms with Crippen molar-refractivity contribution in [3.05, 3.63) is 0 Å². The van der Waals surface area contributed by atoms with Crippen molar-refractivity contribution in [2.24, 2.45) is 5.73 Å². The van der Waals surface area contributed by atoms with Gasteiger partial charge in [-0.3, -0.25) is 0 Å². The second kappa shape index (κ2) is 3.09. The van der Waals surface area contributed by atoms with Crippen LogP contribution in [0.5, 0.6) is 0 Å². The van der Waals surface area contributed by atoms with Crippen LogP contribution in [0.25, 0.3) is 0 Å². The first kappa shape index (κ1) is 8.97. The van der Waals surface area contributed by atoms with E-state index in [1.54, 1.807) is 0 Å². The van der Waals surface area contributed by atoms with Crippen molar-refractivity contribution >= 4 is 0 Å². The maximum Gasteiger partial charge on any atom is 0.0728 e. The first-order chi connectivity index (χ1) is 5.08. The highest BCUT2D eigenvalue weighted by Crippen LogP contribution is 2.33. The van der Waals surface area contributed by atoms with E-state index in [2.05, 4.69) is 0 Å². The van der Waals surface area contributed by atoms with Gasteiger partial charge in [-0.1, -0.05) is 0 Å². The smallest absolute Gasteiger partial charge is 0.0728 e. The lowest BCUT2D eigenvalue weighted by atomic mass is 9.72. The number of hydrogen-bond donors (Lipinski definition) is 2. The van der Waals surface area contributed by atoms with Crippen molar-refractivity contribution in [3.8, 4) is 0 Å². The van der Waals surface area contributed by atoms with E-state index in [1.165, 1.54) is 0 Å². The molecule has 0 spiro atoms. The first-order valence-electron chi connectivity index (χ1n) is 4.17. The van der Waals surface area contributed by atoms with Gasteiger partial charge in [-0.05, 0) is 26.7 Å². The summed E-state index contributed by atoms with van der Waals surface area (Å²) < 4.78 is 5.36. The molecule has 1 atom stereocenters. The van der Waals surface area contributed by atoms with Crippen LogP contribution in [0.1, 0.15) is 26.7 Å². The second-order valence-corrected chi connectivity index (χ2v) is 3.39. The summed E-state index contributed by atoms with van der Waals surface area (Å²) in [5.41, 5.74) is 5.67. The summed E-state index contributed by atoms with van der Waals surface area (Å²) in [7, 11) is 0. The SMILES string of the molecule is CCOC(C)C1(N)CC(O)C1. The quantitative estimate of drug-likeness (QED) is 0.621. The summed E-state index contributed by atoms with van der Waals surface area (Å²) in [4.78, 5) is 0. The van der Waals surface area contributed by atoms with Gasteiger partial charge in [-0.15, -0.1) is 0 Å². The van der Waals surface area contributed by atoms with Crippen LogP contribution in [-0.2, 0) is 4.74 Å². The van der Waals surface area contributed by atoms with Crippen LogP contribution >= 0.6 is 0 Å². The molecule has 0 aliphatic heterocycles. The van der Waals surface area contributed by atoms with E-state index < -0.39 is 0 Å². The van der Waals surface area contributed by atoms with E-state index in [0.717, 1.165) is 0 Å². The van der Waals surface area contributed by atoms with E-state index in [4.69, 9.17) is 15.6 Å². The summed E-state index contributed by atoms with van der Waals surface area (Å²) in [6.07, 6.45) is 1.21. The molecule has 0 heterocycles.